The summed E-state index contributed by atoms with van der Waals surface area (Å²) in [5.41, 5.74) is 1.21. The zero-order chi connectivity index (χ0) is 13.1. The van der Waals surface area contributed by atoms with Crippen molar-refractivity contribution in [1.29, 1.82) is 0 Å². The third-order valence-electron chi connectivity index (χ3n) is 2.31. The van der Waals surface area contributed by atoms with Crippen molar-refractivity contribution in [3.05, 3.63) is 57.5 Å². The van der Waals surface area contributed by atoms with E-state index in [4.69, 9.17) is 11.6 Å². The Hall–Kier alpha value is -0.970. The molecule has 0 atom stereocenters. The van der Waals surface area contributed by atoms with Gasteiger partial charge in [-0.05, 0) is 58.4 Å². The number of carbonyl (C=O) groups is 1. The molecule has 2 aromatic rings. The van der Waals surface area contributed by atoms with Crippen LogP contribution in [0.5, 0.6) is 0 Å². The molecule has 0 heterocycles. The van der Waals surface area contributed by atoms with Gasteiger partial charge in [0.05, 0.1) is 5.69 Å². The zero-order valence-corrected chi connectivity index (χ0v) is 12.4. The Bertz CT molecular complexity index is 586. The molecular weight excluding hydrogens is 334 g/mol. The Morgan fingerprint density at radius 3 is 2.50 bits per heavy atom. The van der Waals surface area contributed by atoms with Crippen LogP contribution in [0.1, 0.15) is 10.4 Å². The summed E-state index contributed by atoms with van der Waals surface area (Å²) in [6, 6.07) is 12.2. The summed E-state index contributed by atoms with van der Waals surface area (Å²) in [5.74, 6) is -0.189. The number of hydrogen-bond donors (Lipinski definition) is 2. The Balaban J connectivity index is 2.21. The highest BCUT2D eigenvalue weighted by Gasteiger charge is 2.08. The molecule has 0 bridgehead atoms. The van der Waals surface area contributed by atoms with Gasteiger partial charge in [0.2, 0.25) is 0 Å². The maximum atomic E-state index is 12.0. The van der Waals surface area contributed by atoms with Crippen LogP contribution in [0.2, 0.25) is 5.02 Å². The van der Waals surface area contributed by atoms with Crippen molar-refractivity contribution < 1.29 is 4.79 Å². The van der Waals surface area contributed by atoms with Crippen molar-refractivity contribution in [1.82, 2.24) is 0 Å². The summed E-state index contributed by atoms with van der Waals surface area (Å²) >= 11 is 13.4. The fourth-order valence-corrected chi connectivity index (χ4v) is 2.07. The Morgan fingerprint density at radius 2 is 1.83 bits per heavy atom. The summed E-state index contributed by atoms with van der Waals surface area (Å²) < 4.78 is 0.783. The minimum Gasteiger partial charge on any atom is -0.321 e. The minimum atomic E-state index is -0.189. The van der Waals surface area contributed by atoms with Crippen LogP contribution in [0.3, 0.4) is 0 Å². The standard InChI is InChI=1S/C13H9BrClNOS/c14-11-6-3-9(15)7-12(11)16-13(17)8-1-4-10(18)5-2-8/h1-7,18H,(H,16,17). The maximum Gasteiger partial charge on any atom is 0.255 e. The first-order valence-electron chi connectivity index (χ1n) is 5.12. The van der Waals surface area contributed by atoms with Crippen molar-refractivity contribution in [2.24, 2.45) is 0 Å². The average molecular weight is 343 g/mol. The predicted octanol–water partition coefficient (Wildman–Crippen LogP) is 4.64. The number of nitrogens with one attached hydrogen (secondary N) is 1. The number of rotatable bonds is 2. The molecule has 0 saturated heterocycles. The highest BCUT2D eigenvalue weighted by atomic mass is 79.9. The number of benzene rings is 2. The molecule has 0 aliphatic rings. The number of thiol groups is 1. The molecule has 0 unspecified atom stereocenters. The van der Waals surface area contributed by atoms with Gasteiger partial charge in [-0.2, -0.15) is 0 Å². The monoisotopic (exact) mass is 341 g/mol. The molecule has 0 radical (unpaired) electrons. The van der Waals surface area contributed by atoms with E-state index in [1.54, 1.807) is 42.5 Å². The molecule has 2 aromatic carbocycles. The highest BCUT2D eigenvalue weighted by Crippen LogP contribution is 2.26. The van der Waals surface area contributed by atoms with Crippen LogP contribution in [0.15, 0.2) is 51.8 Å². The van der Waals surface area contributed by atoms with E-state index in [-0.39, 0.29) is 5.91 Å². The number of amides is 1. The molecule has 18 heavy (non-hydrogen) atoms. The van der Waals surface area contributed by atoms with E-state index in [9.17, 15) is 4.79 Å². The Labute approximate surface area is 124 Å². The Morgan fingerprint density at radius 1 is 1.17 bits per heavy atom. The lowest BCUT2D eigenvalue weighted by Crippen LogP contribution is -2.12. The van der Waals surface area contributed by atoms with Gasteiger partial charge in [0.1, 0.15) is 0 Å². The van der Waals surface area contributed by atoms with E-state index >= 15 is 0 Å². The van der Waals surface area contributed by atoms with Crippen LogP contribution in [-0.4, -0.2) is 5.91 Å². The van der Waals surface area contributed by atoms with Crippen LogP contribution in [-0.2, 0) is 0 Å². The minimum absolute atomic E-state index is 0.189. The van der Waals surface area contributed by atoms with Crippen molar-refractivity contribution in [2.75, 3.05) is 5.32 Å². The van der Waals surface area contributed by atoms with Crippen LogP contribution in [0.25, 0.3) is 0 Å². The molecule has 2 rings (SSSR count). The smallest absolute Gasteiger partial charge is 0.255 e. The molecule has 1 amide bonds. The van der Waals surface area contributed by atoms with Crippen molar-refractivity contribution in [3.63, 3.8) is 0 Å². The normalized spacial score (nSPS) is 10.2. The summed E-state index contributed by atoms with van der Waals surface area (Å²) in [4.78, 5) is 12.8. The van der Waals surface area contributed by atoms with Gasteiger partial charge in [-0.3, -0.25) is 4.79 Å². The van der Waals surface area contributed by atoms with Gasteiger partial charge in [0.25, 0.3) is 5.91 Å². The lowest BCUT2D eigenvalue weighted by atomic mass is 10.2. The zero-order valence-electron chi connectivity index (χ0n) is 9.15. The van der Waals surface area contributed by atoms with Crippen LogP contribution < -0.4 is 5.32 Å². The quantitative estimate of drug-likeness (QED) is 0.765. The molecule has 0 aromatic heterocycles. The third-order valence-corrected chi connectivity index (χ3v) is 3.53. The lowest BCUT2D eigenvalue weighted by molar-refractivity contribution is 0.102. The first-order chi connectivity index (χ1) is 8.56. The predicted molar refractivity (Wildman–Crippen MR) is 80.8 cm³/mol. The molecule has 0 fully saturated rings. The van der Waals surface area contributed by atoms with Gasteiger partial charge >= 0.3 is 0 Å². The summed E-state index contributed by atoms with van der Waals surface area (Å²) in [7, 11) is 0. The van der Waals surface area contributed by atoms with Gasteiger partial charge in [0, 0.05) is 20.0 Å². The molecular formula is C13H9BrClNOS. The van der Waals surface area contributed by atoms with Crippen LogP contribution in [0.4, 0.5) is 5.69 Å². The van der Waals surface area contributed by atoms with E-state index < -0.39 is 0 Å². The molecule has 0 aliphatic carbocycles. The SMILES string of the molecule is O=C(Nc1cc(Cl)ccc1Br)c1ccc(S)cc1. The first-order valence-corrected chi connectivity index (χ1v) is 6.73. The lowest BCUT2D eigenvalue weighted by Gasteiger charge is -2.08. The van der Waals surface area contributed by atoms with E-state index in [2.05, 4.69) is 33.9 Å². The maximum absolute atomic E-state index is 12.0. The van der Waals surface area contributed by atoms with Gasteiger partial charge in [0.15, 0.2) is 0 Å². The number of hydrogen-bond acceptors (Lipinski definition) is 2. The molecule has 5 heteroatoms. The highest BCUT2D eigenvalue weighted by molar-refractivity contribution is 9.10. The van der Waals surface area contributed by atoms with Gasteiger partial charge in [-0.1, -0.05) is 11.6 Å². The number of carbonyl (C=O) groups excluding carboxylic acids is 1. The average Bonchev–Trinajstić information content (AvgIpc) is 2.34. The van der Waals surface area contributed by atoms with Gasteiger partial charge in [-0.25, -0.2) is 0 Å². The Kier molecular flexibility index (Phi) is 4.32. The van der Waals surface area contributed by atoms with Crippen molar-refractivity contribution in [2.45, 2.75) is 4.90 Å². The number of anilines is 1. The third kappa shape index (κ3) is 3.28. The first kappa shape index (κ1) is 13.5. The molecule has 0 spiro atoms. The fourth-order valence-electron chi connectivity index (χ4n) is 1.40. The second-order valence-corrected chi connectivity index (χ2v) is 5.43. The van der Waals surface area contributed by atoms with Crippen LogP contribution >= 0.6 is 40.2 Å². The molecule has 0 aliphatic heterocycles. The molecule has 0 saturated carbocycles. The van der Waals surface area contributed by atoms with E-state index in [0.717, 1.165) is 9.37 Å². The van der Waals surface area contributed by atoms with Crippen LogP contribution in [0, 0.1) is 0 Å². The van der Waals surface area contributed by atoms with Crippen molar-refractivity contribution in [3.8, 4) is 0 Å². The van der Waals surface area contributed by atoms with Crippen molar-refractivity contribution >= 4 is 51.8 Å². The molecule has 1 N–H and O–H groups in total. The summed E-state index contributed by atoms with van der Waals surface area (Å²) in [6.45, 7) is 0. The fraction of sp³-hybridized carbons (Fsp3) is 0. The summed E-state index contributed by atoms with van der Waals surface area (Å²) in [6.07, 6.45) is 0. The van der Waals surface area contributed by atoms with E-state index in [1.807, 2.05) is 0 Å². The number of halogens is 2. The molecule has 2 nitrogen and oxygen atoms in total. The topological polar surface area (TPSA) is 29.1 Å². The van der Waals surface area contributed by atoms with E-state index in [1.165, 1.54) is 0 Å². The van der Waals surface area contributed by atoms with Gasteiger partial charge in [-0.15, -0.1) is 12.6 Å². The summed E-state index contributed by atoms with van der Waals surface area (Å²) in [5, 5.41) is 3.36. The second-order valence-electron chi connectivity index (χ2n) is 3.63. The van der Waals surface area contributed by atoms with Gasteiger partial charge < -0.3 is 5.32 Å². The molecule has 92 valence electrons. The van der Waals surface area contributed by atoms with E-state index in [0.29, 0.717) is 16.3 Å². The largest absolute Gasteiger partial charge is 0.321 e. The second kappa shape index (κ2) is 5.78.